The average molecular weight is 421 g/mol. The van der Waals surface area contributed by atoms with Crippen LogP contribution in [0.4, 0.5) is 24.7 Å². The second kappa shape index (κ2) is 7.84. The second-order valence-electron chi connectivity index (χ2n) is 6.55. The largest absolute Gasteiger partial charge is 0.416 e. The van der Waals surface area contributed by atoms with Crippen LogP contribution in [0.15, 0.2) is 61.1 Å². The van der Waals surface area contributed by atoms with Gasteiger partial charge in [-0.1, -0.05) is 24.0 Å². The van der Waals surface area contributed by atoms with Crippen LogP contribution in [0, 0.1) is 11.8 Å². The molecule has 0 saturated heterocycles. The number of halogens is 3. The molecule has 2 heterocycles. The lowest BCUT2D eigenvalue weighted by Crippen LogP contribution is -2.14. The number of aromatic nitrogens is 3. The summed E-state index contributed by atoms with van der Waals surface area (Å²) in [5.41, 5.74) is 7.08. The number of H-pyrrole nitrogens is 1. The monoisotopic (exact) mass is 421 g/mol. The van der Waals surface area contributed by atoms with Crippen molar-refractivity contribution in [1.82, 2.24) is 15.0 Å². The van der Waals surface area contributed by atoms with Crippen molar-refractivity contribution in [1.29, 1.82) is 0 Å². The van der Waals surface area contributed by atoms with Crippen molar-refractivity contribution in [3.8, 4) is 11.8 Å². The molecule has 0 aliphatic heterocycles. The summed E-state index contributed by atoms with van der Waals surface area (Å²) in [6, 6.07) is 10.9. The molecule has 4 N–H and O–H groups in total. The molecule has 0 spiro atoms. The van der Waals surface area contributed by atoms with Crippen molar-refractivity contribution >= 4 is 28.4 Å². The Hall–Kier alpha value is -4.32. The molecule has 0 fully saturated rings. The molecule has 2 aromatic carbocycles. The Labute approximate surface area is 174 Å². The maximum absolute atomic E-state index is 12.9. The summed E-state index contributed by atoms with van der Waals surface area (Å²) < 4.78 is 38.6. The van der Waals surface area contributed by atoms with Gasteiger partial charge in [-0.2, -0.15) is 13.2 Å². The number of fused-ring (bicyclic) bond motifs is 1. The second-order valence-corrected chi connectivity index (χ2v) is 6.55. The maximum atomic E-state index is 12.9. The predicted molar refractivity (Wildman–Crippen MR) is 110 cm³/mol. The molecule has 9 heteroatoms. The van der Waals surface area contributed by atoms with Gasteiger partial charge in [0.2, 0.25) is 0 Å². The highest BCUT2D eigenvalue weighted by atomic mass is 19.4. The van der Waals surface area contributed by atoms with Crippen molar-refractivity contribution < 1.29 is 18.0 Å². The van der Waals surface area contributed by atoms with E-state index in [4.69, 9.17) is 5.73 Å². The van der Waals surface area contributed by atoms with Gasteiger partial charge < -0.3 is 16.0 Å². The third-order valence-corrected chi connectivity index (χ3v) is 4.41. The molecule has 31 heavy (non-hydrogen) atoms. The summed E-state index contributed by atoms with van der Waals surface area (Å²) in [6.07, 6.45) is -1.51. The van der Waals surface area contributed by atoms with E-state index in [1.807, 2.05) is 0 Å². The number of aromatic amines is 1. The molecule has 0 unspecified atom stereocenters. The number of amides is 1. The van der Waals surface area contributed by atoms with Crippen molar-refractivity contribution in [2.24, 2.45) is 0 Å². The first-order valence-electron chi connectivity index (χ1n) is 8.99. The number of carbonyl (C=O) groups is 1. The lowest BCUT2D eigenvalue weighted by Gasteiger charge is -2.09. The standard InChI is InChI=1S/C22H14F3N5O/c23-22(24,25)16-5-2-4-14(10-16)21(31)30-17-6-1-3-13(9-17)7-8-15-11-27-20-18(15)19(26)28-12-29-20/h1-6,9-12H,(H,30,31)(H3,26,27,28,29). The summed E-state index contributed by atoms with van der Waals surface area (Å²) in [5, 5.41) is 3.20. The molecule has 0 aliphatic carbocycles. The van der Waals surface area contributed by atoms with Crippen LogP contribution in [0.5, 0.6) is 0 Å². The fourth-order valence-corrected chi connectivity index (χ4v) is 2.94. The van der Waals surface area contributed by atoms with Crippen molar-refractivity contribution in [2.75, 3.05) is 11.1 Å². The van der Waals surface area contributed by atoms with Gasteiger partial charge in [0, 0.05) is 23.0 Å². The fraction of sp³-hybridized carbons (Fsp3) is 0.0455. The molecular weight excluding hydrogens is 407 g/mol. The number of nitrogens with one attached hydrogen (secondary N) is 2. The summed E-state index contributed by atoms with van der Waals surface area (Å²) in [7, 11) is 0. The Morgan fingerprint density at radius 2 is 1.87 bits per heavy atom. The van der Waals surface area contributed by atoms with Gasteiger partial charge in [-0.05, 0) is 36.4 Å². The van der Waals surface area contributed by atoms with Crippen LogP contribution in [0.25, 0.3) is 11.0 Å². The first-order valence-corrected chi connectivity index (χ1v) is 8.99. The zero-order chi connectivity index (χ0) is 22.0. The fourth-order valence-electron chi connectivity index (χ4n) is 2.94. The minimum Gasteiger partial charge on any atom is -0.383 e. The SMILES string of the molecule is Nc1ncnc2[nH]cc(C#Cc3cccc(NC(=O)c4cccc(C(F)(F)F)c4)c3)c12. The molecule has 2 aromatic heterocycles. The smallest absolute Gasteiger partial charge is 0.383 e. The molecule has 0 saturated carbocycles. The van der Waals surface area contributed by atoms with E-state index in [-0.39, 0.29) is 5.56 Å². The van der Waals surface area contributed by atoms with Gasteiger partial charge >= 0.3 is 6.18 Å². The van der Waals surface area contributed by atoms with E-state index in [1.54, 1.807) is 30.5 Å². The van der Waals surface area contributed by atoms with Gasteiger partial charge in [0.05, 0.1) is 16.5 Å². The number of hydrogen-bond donors (Lipinski definition) is 3. The van der Waals surface area contributed by atoms with E-state index in [9.17, 15) is 18.0 Å². The highest BCUT2D eigenvalue weighted by Gasteiger charge is 2.30. The molecule has 4 rings (SSSR count). The third-order valence-electron chi connectivity index (χ3n) is 4.41. The van der Waals surface area contributed by atoms with Gasteiger partial charge in [0.1, 0.15) is 17.8 Å². The Kier molecular flexibility index (Phi) is 5.05. The van der Waals surface area contributed by atoms with Gasteiger partial charge in [0.25, 0.3) is 5.91 Å². The van der Waals surface area contributed by atoms with E-state index < -0.39 is 17.6 Å². The third kappa shape index (κ3) is 4.33. The molecule has 0 bridgehead atoms. The minimum atomic E-state index is -4.53. The Bertz CT molecular complexity index is 1350. The lowest BCUT2D eigenvalue weighted by atomic mass is 10.1. The summed E-state index contributed by atoms with van der Waals surface area (Å²) in [6.45, 7) is 0. The number of benzene rings is 2. The predicted octanol–water partition coefficient (Wildman–Crippen LogP) is 4.21. The first kappa shape index (κ1) is 20.0. The molecular formula is C22H14F3N5O. The van der Waals surface area contributed by atoms with Crippen LogP contribution >= 0.6 is 0 Å². The number of anilines is 2. The van der Waals surface area contributed by atoms with Crippen LogP contribution in [-0.4, -0.2) is 20.9 Å². The highest BCUT2D eigenvalue weighted by molar-refractivity contribution is 6.04. The van der Waals surface area contributed by atoms with Crippen LogP contribution in [-0.2, 0) is 6.18 Å². The molecule has 154 valence electrons. The van der Waals surface area contributed by atoms with Crippen LogP contribution in [0.2, 0.25) is 0 Å². The number of nitrogens with zero attached hydrogens (tertiary/aromatic N) is 2. The van der Waals surface area contributed by atoms with Crippen LogP contribution in [0.3, 0.4) is 0 Å². The Morgan fingerprint density at radius 3 is 2.68 bits per heavy atom. The quantitative estimate of drug-likeness (QED) is 0.423. The topological polar surface area (TPSA) is 96.7 Å². The average Bonchev–Trinajstić information content (AvgIpc) is 3.16. The number of nitrogen functional groups attached to an aromatic ring is 1. The van der Waals surface area contributed by atoms with Gasteiger partial charge in [0.15, 0.2) is 0 Å². The minimum absolute atomic E-state index is 0.0967. The number of hydrogen-bond acceptors (Lipinski definition) is 4. The van der Waals surface area contributed by atoms with Crippen molar-refractivity contribution in [3.05, 3.63) is 83.3 Å². The highest BCUT2D eigenvalue weighted by Crippen LogP contribution is 2.29. The molecule has 1 amide bonds. The molecule has 6 nitrogen and oxygen atoms in total. The van der Waals surface area contributed by atoms with E-state index in [0.717, 1.165) is 12.1 Å². The Morgan fingerprint density at radius 1 is 1.06 bits per heavy atom. The maximum Gasteiger partial charge on any atom is 0.416 e. The van der Waals surface area contributed by atoms with Gasteiger partial charge in [-0.3, -0.25) is 4.79 Å². The molecule has 0 aliphatic rings. The number of rotatable bonds is 2. The summed E-state index contributed by atoms with van der Waals surface area (Å²) in [4.78, 5) is 23.4. The lowest BCUT2D eigenvalue weighted by molar-refractivity contribution is -0.137. The number of alkyl halides is 3. The zero-order valence-corrected chi connectivity index (χ0v) is 15.8. The van der Waals surface area contributed by atoms with E-state index in [2.05, 4.69) is 32.1 Å². The summed E-state index contributed by atoms with van der Waals surface area (Å²) >= 11 is 0. The molecule has 0 atom stereocenters. The van der Waals surface area contributed by atoms with Gasteiger partial charge in [-0.25, -0.2) is 9.97 Å². The van der Waals surface area contributed by atoms with E-state index in [0.29, 0.717) is 33.7 Å². The van der Waals surface area contributed by atoms with Gasteiger partial charge in [-0.15, -0.1) is 0 Å². The number of carbonyl (C=O) groups excluding carboxylic acids is 1. The van der Waals surface area contributed by atoms with Crippen molar-refractivity contribution in [2.45, 2.75) is 6.18 Å². The van der Waals surface area contributed by atoms with Crippen LogP contribution in [0.1, 0.15) is 27.0 Å². The van der Waals surface area contributed by atoms with Crippen LogP contribution < -0.4 is 11.1 Å². The number of nitrogens with two attached hydrogens (primary N) is 1. The summed E-state index contributed by atoms with van der Waals surface area (Å²) in [5.74, 6) is 5.60. The van der Waals surface area contributed by atoms with E-state index >= 15 is 0 Å². The first-order chi connectivity index (χ1) is 14.8. The molecule has 4 aromatic rings. The Balaban J connectivity index is 1.56. The normalized spacial score (nSPS) is 11.1. The molecule has 0 radical (unpaired) electrons. The van der Waals surface area contributed by atoms with E-state index in [1.165, 1.54) is 18.5 Å². The zero-order valence-electron chi connectivity index (χ0n) is 15.8. The van der Waals surface area contributed by atoms with Crippen molar-refractivity contribution in [3.63, 3.8) is 0 Å².